The molecule has 0 unspecified atom stereocenters. The van der Waals surface area contributed by atoms with Gasteiger partial charge in [-0.1, -0.05) is 0 Å². The molecule has 0 heterocycles. The standard InChI is InChI=1S/C5H9NO.ClH/c1-5(6)2-4(7)3-5;/h2-3,6H2,1H3;1H. The number of rotatable bonds is 0. The van der Waals surface area contributed by atoms with Gasteiger partial charge in [-0.25, -0.2) is 0 Å². The molecule has 1 aliphatic rings. The van der Waals surface area contributed by atoms with E-state index in [1.165, 1.54) is 0 Å². The van der Waals surface area contributed by atoms with E-state index in [0.29, 0.717) is 18.6 Å². The van der Waals surface area contributed by atoms with Gasteiger partial charge in [-0.2, -0.15) is 0 Å². The van der Waals surface area contributed by atoms with Gasteiger partial charge >= 0.3 is 0 Å². The Kier molecular flexibility index (Phi) is 2.01. The lowest BCUT2D eigenvalue weighted by molar-refractivity contribution is -0.127. The lowest BCUT2D eigenvalue weighted by Crippen LogP contribution is -2.49. The summed E-state index contributed by atoms with van der Waals surface area (Å²) in [5, 5.41) is 0. The summed E-state index contributed by atoms with van der Waals surface area (Å²) in [6.07, 6.45) is 1.15. The Bertz CT molecular complexity index is 101. The zero-order valence-electron chi connectivity index (χ0n) is 4.81. The van der Waals surface area contributed by atoms with E-state index in [2.05, 4.69) is 0 Å². The van der Waals surface area contributed by atoms with E-state index in [1.54, 1.807) is 0 Å². The van der Waals surface area contributed by atoms with Crippen molar-refractivity contribution in [3.05, 3.63) is 0 Å². The third kappa shape index (κ3) is 1.46. The summed E-state index contributed by atoms with van der Waals surface area (Å²) >= 11 is 0. The second-order valence-corrected chi connectivity index (χ2v) is 2.55. The van der Waals surface area contributed by atoms with Gasteiger partial charge < -0.3 is 5.73 Å². The first-order valence-corrected chi connectivity index (χ1v) is 2.41. The minimum Gasteiger partial charge on any atom is -0.325 e. The average Bonchev–Trinajstić information content (AvgIpc) is 1.27. The van der Waals surface area contributed by atoms with Gasteiger partial charge in [0.25, 0.3) is 0 Å². The molecule has 1 saturated carbocycles. The van der Waals surface area contributed by atoms with Crippen LogP contribution in [0.2, 0.25) is 0 Å². The van der Waals surface area contributed by atoms with Crippen LogP contribution in [-0.4, -0.2) is 11.3 Å². The van der Waals surface area contributed by atoms with Crippen LogP contribution in [0.1, 0.15) is 19.8 Å². The van der Waals surface area contributed by atoms with E-state index in [-0.39, 0.29) is 17.9 Å². The van der Waals surface area contributed by atoms with Crippen LogP contribution in [-0.2, 0) is 4.79 Å². The fourth-order valence-electron chi connectivity index (χ4n) is 0.849. The lowest BCUT2D eigenvalue weighted by Gasteiger charge is -2.31. The van der Waals surface area contributed by atoms with Crippen LogP contribution in [0.25, 0.3) is 0 Å². The van der Waals surface area contributed by atoms with Crippen molar-refractivity contribution in [2.45, 2.75) is 25.3 Å². The molecule has 2 nitrogen and oxygen atoms in total. The maximum atomic E-state index is 10.2. The zero-order valence-corrected chi connectivity index (χ0v) is 5.62. The van der Waals surface area contributed by atoms with Gasteiger partial charge in [0.15, 0.2) is 0 Å². The number of hydrogen-bond donors (Lipinski definition) is 1. The number of nitrogens with two attached hydrogens (primary N) is 1. The fourth-order valence-corrected chi connectivity index (χ4v) is 0.849. The largest absolute Gasteiger partial charge is 0.325 e. The van der Waals surface area contributed by atoms with Crippen molar-refractivity contribution in [2.24, 2.45) is 5.73 Å². The summed E-state index contributed by atoms with van der Waals surface area (Å²) in [6.45, 7) is 1.90. The first kappa shape index (κ1) is 7.92. The molecule has 0 saturated heterocycles. The molecule has 48 valence electrons. The molecule has 0 bridgehead atoms. The first-order chi connectivity index (χ1) is 3.10. The van der Waals surface area contributed by atoms with Gasteiger partial charge in [-0.3, -0.25) is 4.79 Å². The van der Waals surface area contributed by atoms with Crippen LogP contribution < -0.4 is 5.73 Å². The van der Waals surface area contributed by atoms with Crippen LogP contribution in [0.15, 0.2) is 0 Å². The summed E-state index contributed by atoms with van der Waals surface area (Å²) in [5.74, 6) is 0.296. The number of ketones is 1. The third-order valence-electron chi connectivity index (χ3n) is 1.20. The zero-order chi connectivity index (χ0) is 5.49. The number of halogens is 1. The number of Topliss-reactive ketones (excluding diaryl/α,β-unsaturated/α-hetero) is 1. The Morgan fingerprint density at radius 1 is 1.62 bits per heavy atom. The second-order valence-electron chi connectivity index (χ2n) is 2.55. The molecule has 0 aliphatic heterocycles. The Morgan fingerprint density at radius 3 is 2.00 bits per heavy atom. The lowest BCUT2D eigenvalue weighted by atomic mass is 9.78. The Labute approximate surface area is 54.8 Å². The van der Waals surface area contributed by atoms with Crippen LogP contribution in [0, 0.1) is 0 Å². The van der Waals surface area contributed by atoms with Crippen LogP contribution in [0.4, 0.5) is 0 Å². The number of hydrogen-bond acceptors (Lipinski definition) is 2. The SMILES string of the molecule is CC1(N)CC(=O)C1.Cl. The van der Waals surface area contributed by atoms with Crippen molar-refractivity contribution in [1.82, 2.24) is 0 Å². The molecule has 1 rings (SSSR count). The minimum absolute atomic E-state index is 0. The van der Waals surface area contributed by atoms with Crippen LogP contribution in [0.5, 0.6) is 0 Å². The molecule has 0 aromatic heterocycles. The van der Waals surface area contributed by atoms with Crippen molar-refractivity contribution in [2.75, 3.05) is 0 Å². The minimum atomic E-state index is -0.156. The molecule has 0 spiro atoms. The van der Waals surface area contributed by atoms with Crippen LogP contribution in [0.3, 0.4) is 0 Å². The Hall–Kier alpha value is -0.0800. The van der Waals surface area contributed by atoms with Crippen LogP contribution >= 0.6 is 12.4 Å². The molecule has 8 heavy (non-hydrogen) atoms. The Balaban J connectivity index is 0.000000490. The molecule has 0 aromatic rings. The molecule has 0 radical (unpaired) electrons. The van der Waals surface area contributed by atoms with Gasteiger partial charge in [-0.05, 0) is 6.92 Å². The van der Waals surface area contributed by atoms with E-state index in [9.17, 15) is 4.79 Å². The van der Waals surface area contributed by atoms with Crippen molar-refractivity contribution in [1.29, 1.82) is 0 Å². The summed E-state index contributed by atoms with van der Waals surface area (Å²) < 4.78 is 0. The topological polar surface area (TPSA) is 43.1 Å². The molecular formula is C5H10ClNO. The number of carbonyl (C=O) groups excluding carboxylic acids is 1. The number of carbonyl (C=O) groups is 1. The molecule has 0 aromatic carbocycles. The maximum Gasteiger partial charge on any atom is 0.136 e. The van der Waals surface area contributed by atoms with E-state index in [0.717, 1.165) is 0 Å². The average molecular weight is 136 g/mol. The van der Waals surface area contributed by atoms with Gasteiger partial charge in [0.1, 0.15) is 5.78 Å². The van der Waals surface area contributed by atoms with Crippen molar-refractivity contribution in [3.8, 4) is 0 Å². The summed E-state index contributed by atoms with van der Waals surface area (Å²) in [7, 11) is 0. The summed E-state index contributed by atoms with van der Waals surface area (Å²) in [5.41, 5.74) is 5.34. The highest BCUT2D eigenvalue weighted by Gasteiger charge is 2.34. The highest BCUT2D eigenvalue weighted by atomic mass is 35.5. The predicted octanol–water partition coefficient (Wildman–Crippen LogP) is 0.488. The molecule has 1 fully saturated rings. The Morgan fingerprint density at radius 2 is 2.00 bits per heavy atom. The molecular weight excluding hydrogens is 126 g/mol. The second kappa shape index (κ2) is 2.03. The quantitative estimate of drug-likeness (QED) is 0.525. The molecule has 0 amide bonds. The highest BCUT2D eigenvalue weighted by molar-refractivity contribution is 5.87. The first-order valence-electron chi connectivity index (χ1n) is 2.41. The molecule has 1 aliphatic carbocycles. The highest BCUT2D eigenvalue weighted by Crippen LogP contribution is 2.23. The smallest absolute Gasteiger partial charge is 0.136 e. The molecule has 2 N–H and O–H groups in total. The monoisotopic (exact) mass is 135 g/mol. The normalized spacial score (nSPS) is 23.5. The van der Waals surface area contributed by atoms with Crippen molar-refractivity contribution in [3.63, 3.8) is 0 Å². The van der Waals surface area contributed by atoms with E-state index < -0.39 is 0 Å². The van der Waals surface area contributed by atoms with Gasteiger partial charge in [0.05, 0.1) is 0 Å². The summed E-state index contributed by atoms with van der Waals surface area (Å²) in [6, 6.07) is 0. The third-order valence-corrected chi connectivity index (χ3v) is 1.20. The molecule has 3 heteroatoms. The van der Waals surface area contributed by atoms with Crippen molar-refractivity contribution < 1.29 is 4.79 Å². The fraction of sp³-hybridized carbons (Fsp3) is 0.800. The molecule has 0 atom stereocenters. The van der Waals surface area contributed by atoms with E-state index in [1.807, 2.05) is 6.92 Å². The van der Waals surface area contributed by atoms with Gasteiger partial charge in [0.2, 0.25) is 0 Å². The summed E-state index contributed by atoms with van der Waals surface area (Å²) in [4.78, 5) is 10.2. The van der Waals surface area contributed by atoms with Gasteiger partial charge in [0, 0.05) is 18.4 Å². The van der Waals surface area contributed by atoms with E-state index in [4.69, 9.17) is 5.73 Å². The predicted molar refractivity (Wildman–Crippen MR) is 34.1 cm³/mol. The van der Waals surface area contributed by atoms with E-state index >= 15 is 0 Å². The maximum absolute atomic E-state index is 10.2. The van der Waals surface area contributed by atoms with Gasteiger partial charge in [-0.15, -0.1) is 12.4 Å². The van der Waals surface area contributed by atoms with Crippen molar-refractivity contribution >= 4 is 18.2 Å².